The molecule has 1 aromatic carbocycles. The van der Waals surface area contributed by atoms with Crippen molar-refractivity contribution in [1.82, 2.24) is 14.9 Å². The number of guanidine groups is 1. The Hall–Kier alpha value is -2.10. The molecular weight excluding hydrogens is 443 g/mol. The summed E-state index contributed by atoms with van der Waals surface area (Å²) in [4.78, 5) is 17.5. The fourth-order valence-corrected chi connectivity index (χ4v) is 3.27. The van der Waals surface area contributed by atoms with Crippen molar-refractivity contribution >= 4 is 35.9 Å². The van der Waals surface area contributed by atoms with Crippen LogP contribution in [-0.4, -0.2) is 60.2 Å². The summed E-state index contributed by atoms with van der Waals surface area (Å²) in [7, 11) is 0. The van der Waals surface area contributed by atoms with Crippen LogP contribution in [0, 0.1) is 0 Å². The number of halogens is 1. The molecule has 3 heterocycles. The molecule has 4 rings (SSSR count). The third-order valence-corrected chi connectivity index (χ3v) is 4.71. The minimum atomic E-state index is 0. The molecule has 7 nitrogen and oxygen atoms in total. The van der Waals surface area contributed by atoms with Crippen LogP contribution in [-0.2, 0) is 0 Å². The topological polar surface area (TPSA) is 79.9 Å². The van der Waals surface area contributed by atoms with E-state index in [0.29, 0.717) is 19.1 Å². The van der Waals surface area contributed by atoms with Crippen molar-refractivity contribution in [1.29, 1.82) is 0 Å². The van der Waals surface area contributed by atoms with Crippen molar-refractivity contribution < 1.29 is 4.74 Å². The SMILES string of the molecule is I.NC(=NCC1COc2ccccc21)N1CCN(c2ncccn2)CC1. The molecule has 1 atom stereocenters. The minimum Gasteiger partial charge on any atom is -0.493 e. The number of rotatable bonds is 3. The van der Waals surface area contributed by atoms with Crippen molar-refractivity contribution in [2.75, 3.05) is 44.2 Å². The summed E-state index contributed by atoms with van der Waals surface area (Å²) in [6, 6.07) is 9.98. The fraction of sp³-hybridized carbons (Fsp3) is 0.389. The monoisotopic (exact) mass is 466 g/mol. The van der Waals surface area contributed by atoms with E-state index in [4.69, 9.17) is 10.5 Å². The van der Waals surface area contributed by atoms with Crippen molar-refractivity contribution in [3.63, 3.8) is 0 Å². The number of ether oxygens (including phenoxy) is 1. The van der Waals surface area contributed by atoms with E-state index < -0.39 is 0 Å². The van der Waals surface area contributed by atoms with Crippen LogP contribution >= 0.6 is 24.0 Å². The van der Waals surface area contributed by atoms with Crippen molar-refractivity contribution in [2.24, 2.45) is 10.7 Å². The van der Waals surface area contributed by atoms with E-state index in [1.807, 2.05) is 24.3 Å². The second-order valence-electron chi connectivity index (χ2n) is 6.27. The predicted molar refractivity (Wildman–Crippen MR) is 112 cm³/mol. The highest BCUT2D eigenvalue weighted by molar-refractivity contribution is 14.0. The zero-order chi connectivity index (χ0) is 17.1. The molecule has 2 aromatic rings. The number of aliphatic imine (C=N–C) groups is 1. The summed E-state index contributed by atoms with van der Waals surface area (Å²) in [5.74, 6) is 2.64. The molecule has 138 valence electrons. The van der Waals surface area contributed by atoms with E-state index in [0.717, 1.165) is 37.9 Å². The summed E-state index contributed by atoms with van der Waals surface area (Å²) in [6.45, 7) is 4.67. The molecule has 0 saturated carbocycles. The predicted octanol–water partition coefficient (Wildman–Crippen LogP) is 1.71. The van der Waals surface area contributed by atoms with Gasteiger partial charge in [-0.1, -0.05) is 18.2 Å². The lowest BCUT2D eigenvalue weighted by Gasteiger charge is -2.35. The summed E-state index contributed by atoms with van der Waals surface area (Å²) >= 11 is 0. The molecule has 1 unspecified atom stereocenters. The van der Waals surface area contributed by atoms with Crippen LogP contribution in [0.1, 0.15) is 11.5 Å². The molecule has 0 amide bonds. The number of fused-ring (bicyclic) bond motifs is 1. The number of hydrogen-bond acceptors (Lipinski definition) is 5. The zero-order valence-corrected chi connectivity index (χ0v) is 16.8. The summed E-state index contributed by atoms with van der Waals surface area (Å²) in [5.41, 5.74) is 7.44. The van der Waals surface area contributed by atoms with Crippen LogP contribution < -0.4 is 15.4 Å². The van der Waals surface area contributed by atoms with E-state index in [1.54, 1.807) is 12.4 Å². The van der Waals surface area contributed by atoms with Gasteiger partial charge in [0.15, 0.2) is 5.96 Å². The lowest BCUT2D eigenvalue weighted by atomic mass is 10.0. The van der Waals surface area contributed by atoms with Gasteiger partial charge < -0.3 is 20.3 Å². The van der Waals surface area contributed by atoms with Crippen LogP contribution in [0.4, 0.5) is 5.95 Å². The molecule has 1 aromatic heterocycles. The Morgan fingerprint density at radius 3 is 2.62 bits per heavy atom. The van der Waals surface area contributed by atoms with Crippen LogP contribution in [0.3, 0.4) is 0 Å². The second kappa shape index (κ2) is 8.52. The Morgan fingerprint density at radius 1 is 1.12 bits per heavy atom. The number of nitrogens with zero attached hydrogens (tertiary/aromatic N) is 5. The van der Waals surface area contributed by atoms with Gasteiger partial charge in [0.1, 0.15) is 5.75 Å². The molecule has 1 fully saturated rings. The van der Waals surface area contributed by atoms with E-state index in [1.165, 1.54) is 5.56 Å². The normalized spacial score (nSPS) is 19.5. The largest absolute Gasteiger partial charge is 0.493 e. The quantitative estimate of drug-likeness (QED) is 0.422. The maximum absolute atomic E-state index is 6.22. The first-order chi connectivity index (χ1) is 12.3. The van der Waals surface area contributed by atoms with Gasteiger partial charge in [-0.05, 0) is 12.1 Å². The van der Waals surface area contributed by atoms with Gasteiger partial charge in [-0.3, -0.25) is 4.99 Å². The Labute approximate surface area is 170 Å². The molecular formula is C18H23IN6O. The van der Waals surface area contributed by atoms with Gasteiger partial charge in [-0.25, -0.2) is 9.97 Å². The fourth-order valence-electron chi connectivity index (χ4n) is 3.27. The highest BCUT2D eigenvalue weighted by Crippen LogP contribution is 2.33. The van der Waals surface area contributed by atoms with Crippen molar-refractivity contribution in [2.45, 2.75) is 5.92 Å². The molecule has 0 aliphatic carbocycles. The molecule has 0 radical (unpaired) electrons. The summed E-state index contributed by atoms with van der Waals surface area (Å²) in [6.07, 6.45) is 3.54. The molecule has 2 N–H and O–H groups in total. The van der Waals surface area contributed by atoms with Gasteiger partial charge in [-0.2, -0.15) is 0 Å². The van der Waals surface area contributed by atoms with Gasteiger partial charge >= 0.3 is 0 Å². The van der Waals surface area contributed by atoms with Crippen LogP contribution in [0.2, 0.25) is 0 Å². The van der Waals surface area contributed by atoms with Crippen LogP contribution in [0.15, 0.2) is 47.7 Å². The van der Waals surface area contributed by atoms with E-state index in [2.05, 4.69) is 30.8 Å². The minimum absolute atomic E-state index is 0. The Morgan fingerprint density at radius 2 is 1.85 bits per heavy atom. The molecule has 8 heteroatoms. The van der Waals surface area contributed by atoms with Gasteiger partial charge in [-0.15, -0.1) is 24.0 Å². The third-order valence-electron chi connectivity index (χ3n) is 4.71. The summed E-state index contributed by atoms with van der Waals surface area (Å²) < 4.78 is 5.71. The second-order valence-corrected chi connectivity index (χ2v) is 6.27. The van der Waals surface area contributed by atoms with Crippen molar-refractivity contribution in [3.05, 3.63) is 48.3 Å². The average Bonchev–Trinajstić information content (AvgIpc) is 3.10. The first-order valence-electron chi connectivity index (χ1n) is 8.60. The molecule has 0 spiro atoms. The lowest BCUT2D eigenvalue weighted by Crippen LogP contribution is -2.51. The van der Waals surface area contributed by atoms with E-state index in [-0.39, 0.29) is 29.9 Å². The number of anilines is 1. The van der Waals surface area contributed by atoms with Gasteiger partial charge in [0.2, 0.25) is 5.95 Å². The zero-order valence-electron chi connectivity index (χ0n) is 14.5. The number of hydrogen-bond donors (Lipinski definition) is 1. The first kappa shape index (κ1) is 18.7. The maximum Gasteiger partial charge on any atom is 0.225 e. The van der Waals surface area contributed by atoms with Gasteiger partial charge in [0, 0.05) is 50.1 Å². The molecule has 2 aliphatic rings. The highest BCUT2D eigenvalue weighted by Gasteiger charge is 2.24. The Balaban J connectivity index is 0.00000196. The average molecular weight is 466 g/mol. The van der Waals surface area contributed by atoms with E-state index in [9.17, 15) is 0 Å². The standard InChI is InChI=1S/C18H22N6O.HI/c19-17(22-12-14-13-25-16-5-2-1-4-15(14)16)23-8-10-24(11-9-23)18-20-6-3-7-21-18;/h1-7,14H,8-13H2,(H2,19,22);1H. The molecule has 2 aliphatic heterocycles. The number of nitrogens with two attached hydrogens (primary N) is 1. The van der Waals surface area contributed by atoms with Crippen LogP contribution in [0.5, 0.6) is 5.75 Å². The number of piperazine rings is 1. The van der Waals surface area contributed by atoms with Crippen molar-refractivity contribution in [3.8, 4) is 5.75 Å². The van der Waals surface area contributed by atoms with E-state index >= 15 is 0 Å². The summed E-state index contributed by atoms with van der Waals surface area (Å²) in [5, 5.41) is 0. The molecule has 1 saturated heterocycles. The number of aromatic nitrogens is 2. The Kier molecular flexibility index (Phi) is 6.12. The first-order valence-corrected chi connectivity index (χ1v) is 8.60. The van der Waals surface area contributed by atoms with Gasteiger partial charge in [0.05, 0.1) is 13.2 Å². The molecule has 26 heavy (non-hydrogen) atoms. The van der Waals surface area contributed by atoms with Crippen LogP contribution in [0.25, 0.3) is 0 Å². The molecule has 0 bridgehead atoms. The smallest absolute Gasteiger partial charge is 0.225 e. The Bertz CT molecular complexity index is 748. The maximum atomic E-state index is 6.22. The van der Waals surface area contributed by atoms with Gasteiger partial charge in [0.25, 0.3) is 0 Å². The highest BCUT2D eigenvalue weighted by atomic mass is 127. The lowest BCUT2D eigenvalue weighted by molar-refractivity contribution is 0.331. The third kappa shape index (κ3) is 4.00. The number of benzene rings is 1. The number of para-hydroxylation sites is 1.